The van der Waals surface area contributed by atoms with Crippen molar-refractivity contribution >= 4 is 28.3 Å². The van der Waals surface area contributed by atoms with E-state index in [-0.39, 0.29) is 0 Å². The minimum atomic E-state index is 1.08. The van der Waals surface area contributed by atoms with Gasteiger partial charge in [0.15, 0.2) is 0 Å². The maximum absolute atomic E-state index is 5.16. The first-order valence-corrected chi connectivity index (χ1v) is 5.16. The fraction of sp³-hybridized carbons (Fsp3) is 0.857. The lowest BCUT2D eigenvalue weighted by Crippen LogP contribution is -2.31. The molecule has 0 N–H and O–H groups in total. The topological polar surface area (TPSA) is 6.48 Å². The summed E-state index contributed by atoms with van der Waals surface area (Å²) in [7, 11) is 4.18. The molecule has 0 aromatic heterocycles. The molecular weight excluding hydrogens is 176 g/mol. The van der Waals surface area contributed by atoms with Crippen molar-refractivity contribution in [3.05, 3.63) is 0 Å². The van der Waals surface area contributed by atoms with E-state index in [1.165, 1.54) is 5.75 Å². The number of thioether (sulfide) groups is 1. The fourth-order valence-electron chi connectivity index (χ4n) is 0.950. The first-order valence-electron chi connectivity index (χ1n) is 3.76. The minimum Gasteiger partial charge on any atom is -0.355 e. The maximum atomic E-state index is 5.16. The molecule has 1 saturated heterocycles. The van der Waals surface area contributed by atoms with Crippen LogP contribution in [0.1, 0.15) is 0 Å². The molecule has 1 fully saturated rings. The van der Waals surface area contributed by atoms with E-state index in [0.29, 0.717) is 0 Å². The predicted molar refractivity (Wildman–Crippen MR) is 55.2 cm³/mol. The minimum absolute atomic E-state index is 1.08. The Morgan fingerprint density at radius 3 is 2.82 bits per heavy atom. The van der Waals surface area contributed by atoms with Gasteiger partial charge in [0.1, 0.15) is 4.32 Å². The maximum Gasteiger partial charge on any atom is 0.136 e. The second-order valence-electron chi connectivity index (χ2n) is 2.90. The third-order valence-electron chi connectivity index (χ3n) is 1.66. The highest BCUT2D eigenvalue weighted by molar-refractivity contribution is 8.23. The molecular formula is C7H14N2S2. The molecule has 1 aliphatic rings. The van der Waals surface area contributed by atoms with Gasteiger partial charge in [-0.2, -0.15) is 0 Å². The van der Waals surface area contributed by atoms with Gasteiger partial charge in [0.05, 0.1) is 0 Å². The molecule has 1 rings (SSSR count). The number of nitrogens with zero attached hydrogens (tertiary/aromatic N) is 2. The monoisotopic (exact) mass is 190 g/mol. The quantitative estimate of drug-likeness (QED) is 0.609. The lowest BCUT2D eigenvalue weighted by Gasteiger charge is -2.19. The molecule has 2 nitrogen and oxygen atoms in total. The van der Waals surface area contributed by atoms with E-state index in [1.807, 2.05) is 0 Å². The van der Waals surface area contributed by atoms with Crippen LogP contribution in [-0.2, 0) is 0 Å². The summed E-state index contributed by atoms with van der Waals surface area (Å²) < 4.78 is 1.08. The van der Waals surface area contributed by atoms with Crippen LogP contribution in [0.15, 0.2) is 0 Å². The Morgan fingerprint density at radius 2 is 2.36 bits per heavy atom. The molecule has 0 bridgehead atoms. The van der Waals surface area contributed by atoms with Crippen LogP contribution in [0.3, 0.4) is 0 Å². The molecule has 0 saturated carbocycles. The summed E-state index contributed by atoms with van der Waals surface area (Å²) in [5, 5.41) is 0. The zero-order valence-corrected chi connectivity index (χ0v) is 8.67. The summed E-state index contributed by atoms with van der Waals surface area (Å²) >= 11 is 6.96. The highest BCUT2D eigenvalue weighted by Crippen LogP contribution is 2.16. The molecule has 0 atom stereocenters. The van der Waals surface area contributed by atoms with E-state index in [2.05, 4.69) is 23.9 Å². The average molecular weight is 190 g/mol. The third-order valence-corrected chi connectivity index (χ3v) is 3.17. The normalized spacial score (nSPS) is 18.5. The summed E-state index contributed by atoms with van der Waals surface area (Å²) in [5.74, 6) is 1.17. The van der Waals surface area contributed by atoms with Crippen LogP contribution in [0, 0.1) is 0 Å². The van der Waals surface area contributed by atoms with Gasteiger partial charge in [-0.1, -0.05) is 24.0 Å². The number of likely N-dealkylation sites (N-methyl/N-ethyl adjacent to an activating group) is 1. The number of thiocarbonyl (C=S) groups is 1. The van der Waals surface area contributed by atoms with Crippen LogP contribution in [0.5, 0.6) is 0 Å². The van der Waals surface area contributed by atoms with Gasteiger partial charge in [-0.05, 0) is 14.1 Å². The van der Waals surface area contributed by atoms with Crippen molar-refractivity contribution in [2.24, 2.45) is 0 Å². The Morgan fingerprint density at radius 1 is 1.64 bits per heavy atom. The summed E-state index contributed by atoms with van der Waals surface area (Å²) in [6.07, 6.45) is 0. The van der Waals surface area contributed by atoms with Crippen molar-refractivity contribution in [3.63, 3.8) is 0 Å². The van der Waals surface area contributed by atoms with Crippen molar-refractivity contribution in [3.8, 4) is 0 Å². The third kappa shape index (κ3) is 2.97. The average Bonchev–Trinajstić information content (AvgIpc) is 2.31. The van der Waals surface area contributed by atoms with E-state index in [4.69, 9.17) is 12.2 Å². The van der Waals surface area contributed by atoms with Crippen molar-refractivity contribution in [2.45, 2.75) is 0 Å². The SMILES string of the molecule is CN(C)CCN1CCSC1=S. The highest BCUT2D eigenvalue weighted by atomic mass is 32.2. The first kappa shape index (κ1) is 9.29. The molecule has 0 aromatic rings. The fourth-order valence-corrected chi connectivity index (χ4v) is 2.23. The molecule has 0 aromatic carbocycles. The van der Waals surface area contributed by atoms with Gasteiger partial charge in [0.2, 0.25) is 0 Å². The van der Waals surface area contributed by atoms with Gasteiger partial charge < -0.3 is 9.80 Å². The smallest absolute Gasteiger partial charge is 0.136 e. The molecule has 0 radical (unpaired) electrons. The molecule has 4 heteroatoms. The highest BCUT2D eigenvalue weighted by Gasteiger charge is 2.16. The van der Waals surface area contributed by atoms with Gasteiger partial charge in [-0.3, -0.25) is 0 Å². The Bertz CT molecular complexity index is 147. The van der Waals surface area contributed by atoms with Crippen LogP contribution in [0.2, 0.25) is 0 Å². The van der Waals surface area contributed by atoms with Gasteiger partial charge >= 0.3 is 0 Å². The molecule has 1 heterocycles. The van der Waals surface area contributed by atoms with E-state index in [9.17, 15) is 0 Å². The zero-order valence-electron chi connectivity index (χ0n) is 7.04. The summed E-state index contributed by atoms with van der Waals surface area (Å²) in [4.78, 5) is 4.46. The van der Waals surface area contributed by atoms with Crippen molar-refractivity contribution in [1.29, 1.82) is 0 Å². The number of hydrogen-bond acceptors (Lipinski definition) is 3. The lowest BCUT2D eigenvalue weighted by molar-refractivity contribution is 0.347. The molecule has 0 unspecified atom stereocenters. The van der Waals surface area contributed by atoms with Crippen molar-refractivity contribution < 1.29 is 0 Å². The van der Waals surface area contributed by atoms with E-state index in [1.54, 1.807) is 11.8 Å². The van der Waals surface area contributed by atoms with Gasteiger partial charge in [-0.15, -0.1) is 0 Å². The molecule has 0 aliphatic carbocycles. The van der Waals surface area contributed by atoms with Gasteiger partial charge in [0.25, 0.3) is 0 Å². The van der Waals surface area contributed by atoms with Gasteiger partial charge in [-0.25, -0.2) is 0 Å². The Balaban J connectivity index is 2.20. The largest absolute Gasteiger partial charge is 0.355 e. The van der Waals surface area contributed by atoms with E-state index in [0.717, 1.165) is 24.0 Å². The number of rotatable bonds is 3. The van der Waals surface area contributed by atoms with Crippen LogP contribution < -0.4 is 0 Å². The van der Waals surface area contributed by atoms with Crippen molar-refractivity contribution in [2.75, 3.05) is 39.5 Å². The van der Waals surface area contributed by atoms with E-state index >= 15 is 0 Å². The second-order valence-corrected chi connectivity index (χ2v) is 4.63. The molecule has 1 aliphatic heterocycles. The summed E-state index contributed by atoms with van der Waals surface area (Å²) in [5.41, 5.74) is 0. The lowest BCUT2D eigenvalue weighted by atomic mass is 10.5. The summed E-state index contributed by atoms with van der Waals surface area (Å²) in [6, 6.07) is 0. The molecule has 0 amide bonds. The molecule has 64 valence electrons. The van der Waals surface area contributed by atoms with Crippen LogP contribution in [0.25, 0.3) is 0 Å². The molecule has 11 heavy (non-hydrogen) atoms. The molecule has 0 spiro atoms. The van der Waals surface area contributed by atoms with Gasteiger partial charge in [0, 0.05) is 25.4 Å². The van der Waals surface area contributed by atoms with Crippen LogP contribution in [-0.4, -0.2) is 53.6 Å². The second kappa shape index (κ2) is 4.28. The summed E-state index contributed by atoms with van der Waals surface area (Å²) in [6.45, 7) is 3.32. The zero-order chi connectivity index (χ0) is 8.27. The Hall–Kier alpha value is 0.200. The van der Waals surface area contributed by atoms with Crippen LogP contribution >= 0.6 is 24.0 Å². The Kier molecular flexibility index (Phi) is 3.62. The predicted octanol–water partition coefficient (Wildman–Crippen LogP) is 0.882. The first-order chi connectivity index (χ1) is 5.20. The van der Waals surface area contributed by atoms with Crippen LogP contribution in [0.4, 0.5) is 0 Å². The van der Waals surface area contributed by atoms with Crippen molar-refractivity contribution in [1.82, 2.24) is 9.80 Å². The van der Waals surface area contributed by atoms with E-state index < -0.39 is 0 Å². The number of hydrogen-bond donors (Lipinski definition) is 0. The standard InChI is InChI=1S/C7H14N2S2/c1-8(2)3-4-9-5-6-11-7(9)10/h3-6H2,1-2H3. The Labute approximate surface area is 77.9 Å².